The van der Waals surface area contributed by atoms with Crippen LogP contribution in [0, 0.1) is 0 Å². The molecule has 0 bridgehead atoms. The summed E-state index contributed by atoms with van der Waals surface area (Å²) in [5, 5.41) is 0. The quantitative estimate of drug-likeness (QED) is 0.130. The van der Waals surface area contributed by atoms with Gasteiger partial charge in [-0.3, -0.25) is 9.05 Å². The van der Waals surface area contributed by atoms with Crippen molar-refractivity contribution in [3.63, 3.8) is 0 Å². The fourth-order valence-electron chi connectivity index (χ4n) is 2.09. The number of phosphoric acid groups is 1. The molecular weight excluding hydrogens is 719 g/mol. The Labute approximate surface area is 218 Å². The van der Waals surface area contributed by atoms with E-state index in [0.717, 1.165) is 0 Å². The van der Waals surface area contributed by atoms with Crippen molar-refractivity contribution < 1.29 is 124 Å². The second kappa shape index (κ2) is 11.3. The molecule has 0 aromatic heterocycles. The minimum atomic E-state index is -8.26. The normalized spacial score (nSPS) is 16.4. The van der Waals surface area contributed by atoms with Gasteiger partial charge < -0.3 is 4.89 Å². The van der Waals surface area contributed by atoms with Gasteiger partial charge in [0.2, 0.25) is 0 Å². The monoisotopic (exact) mass is 726 g/mol. The Kier molecular flexibility index (Phi) is 10.9. The molecule has 0 rings (SSSR count). The Bertz CT molecular complexity index is 947. The fraction of sp³-hybridized carbons (Fsp3) is 1.00. The van der Waals surface area contributed by atoms with Crippen molar-refractivity contribution in [1.82, 2.24) is 0 Å². The summed E-state index contributed by atoms with van der Waals surface area (Å²) in [6.45, 7) is -8.17. The topological polar surface area (TPSA) is 55.8 Å². The van der Waals surface area contributed by atoms with Crippen molar-refractivity contribution in [2.45, 2.75) is 72.1 Å². The van der Waals surface area contributed by atoms with Crippen LogP contribution in [0.2, 0.25) is 0 Å². The van der Waals surface area contributed by atoms with Gasteiger partial charge in [-0.25, -0.2) is 22.1 Å². The number of halogens is 24. The molecule has 0 spiro atoms. The molecule has 260 valence electrons. The van der Waals surface area contributed by atoms with E-state index in [4.69, 9.17) is 4.89 Å². The Morgan fingerprint density at radius 3 is 0.837 bits per heavy atom. The summed E-state index contributed by atoms with van der Waals surface area (Å²) in [6.07, 6.45) is -11.9. The highest BCUT2D eigenvalue weighted by Gasteiger charge is 2.89. The summed E-state index contributed by atoms with van der Waals surface area (Å²) in [4.78, 5) is 8.75. The third kappa shape index (κ3) is 6.42. The average Bonchev–Trinajstić information content (AvgIpc) is 2.80. The van der Waals surface area contributed by atoms with Crippen LogP contribution in [-0.4, -0.2) is 90.2 Å². The van der Waals surface area contributed by atoms with E-state index in [9.17, 15) is 110 Å². The Morgan fingerprint density at radius 1 is 0.442 bits per heavy atom. The van der Waals surface area contributed by atoms with E-state index in [1.54, 1.807) is 0 Å². The summed E-state index contributed by atoms with van der Waals surface area (Å²) in [5.74, 6) is -78.4. The second-order valence-electron chi connectivity index (χ2n) is 7.72. The molecule has 0 radical (unpaired) electrons. The lowest BCUT2D eigenvalue weighted by Crippen LogP contribution is -2.69. The third-order valence-electron chi connectivity index (χ3n) is 4.70. The van der Waals surface area contributed by atoms with Gasteiger partial charge in [0.25, 0.3) is 0 Å². The Balaban J connectivity index is 6.10. The van der Waals surface area contributed by atoms with Gasteiger partial charge in [0, 0.05) is 0 Å². The predicted molar refractivity (Wildman–Crippen MR) is 83.2 cm³/mol. The van der Waals surface area contributed by atoms with Gasteiger partial charge in [-0.15, -0.1) is 0 Å². The van der Waals surface area contributed by atoms with Gasteiger partial charge in [-0.2, -0.15) is 87.8 Å². The molecule has 0 aliphatic rings. The molecule has 0 saturated carbocycles. The van der Waals surface area contributed by atoms with E-state index >= 15 is 0 Å². The van der Waals surface area contributed by atoms with Crippen LogP contribution in [0.5, 0.6) is 0 Å². The lowest BCUT2D eigenvalue weighted by Gasteiger charge is -2.39. The van der Waals surface area contributed by atoms with E-state index in [2.05, 4.69) is 9.05 Å². The van der Waals surface area contributed by atoms with Gasteiger partial charge in [0.1, 0.15) is 13.2 Å². The maximum Gasteiger partial charge on any atom is 0.472 e. The number of hydrogen-bond donors (Lipinski definition) is 1. The number of rotatable bonds is 16. The molecule has 0 aliphatic carbocycles. The molecule has 0 aromatic rings. The Hall–Kier alpha value is -1.57. The smallest absolute Gasteiger partial charge is 0.302 e. The summed E-state index contributed by atoms with van der Waals surface area (Å²) in [5.41, 5.74) is 0. The summed E-state index contributed by atoms with van der Waals surface area (Å²) in [7, 11) is -7.33. The molecule has 0 aromatic carbocycles. The highest BCUT2D eigenvalue weighted by atomic mass is 31.2. The van der Waals surface area contributed by atoms with Crippen molar-refractivity contribution in [3.8, 4) is 0 Å². The van der Waals surface area contributed by atoms with Gasteiger partial charge in [-0.1, -0.05) is 0 Å². The average molecular weight is 726 g/mol. The van der Waals surface area contributed by atoms with E-state index in [1.165, 1.54) is 0 Å². The van der Waals surface area contributed by atoms with Crippen molar-refractivity contribution in [2.75, 3.05) is 13.2 Å². The molecule has 0 unspecified atom stereocenters. The third-order valence-corrected chi connectivity index (χ3v) is 5.61. The molecule has 4 nitrogen and oxygen atoms in total. The second-order valence-corrected chi connectivity index (χ2v) is 9.17. The van der Waals surface area contributed by atoms with Crippen LogP contribution < -0.4 is 0 Å². The summed E-state index contributed by atoms with van der Waals surface area (Å²) >= 11 is 0. The molecule has 0 fully saturated rings. The number of phosphoric ester groups is 1. The zero-order chi connectivity index (χ0) is 35.5. The molecule has 43 heavy (non-hydrogen) atoms. The van der Waals surface area contributed by atoms with Gasteiger partial charge in [0.15, 0.2) is 0 Å². The van der Waals surface area contributed by atoms with E-state index in [-0.39, 0.29) is 0 Å². The van der Waals surface area contributed by atoms with Crippen LogP contribution in [0.3, 0.4) is 0 Å². The highest BCUT2D eigenvalue weighted by Crippen LogP contribution is 2.61. The molecule has 0 amide bonds. The number of alkyl halides is 24. The van der Waals surface area contributed by atoms with Crippen LogP contribution >= 0.6 is 7.82 Å². The van der Waals surface area contributed by atoms with Crippen LogP contribution in [0.1, 0.15) is 0 Å². The highest BCUT2D eigenvalue weighted by molar-refractivity contribution is 7.47. The zero-order valence-electron chi connectivity index (χ0n) is 18.8. The molecule has 0 heterocycles. The lowest BCUT2D eigenvalue weighted by atomic mass is 9.95. The first-order valence-corrected chi connectivity index (χ1v) is 10.8. The lowest BCUT2D eigenvalue weighted by molar-refractivity contribution is -0.415. The van der Waals surface area contributed by atoms with E-state index < -0.39 is 93.1 Å². The molecule has 0 atom stereocenters. The molecule has 0 aliphatic heterocycles. The van der Waals surface area contributed by atoms with Crippen LogP contribution in [-0.2, 0) is 13.6 Å². The largest absolute Gasteiger partial charge is 0.472 e. The standard InChI is InChI=1S/C14H7F24O4P/c15-3(16)7(23,24)11(31,32)13(35,36)9(27,28)5(19,20)1-41-43(39,40)42-2-6(21,22)10(29,30)14(37,38)12(33,34)8(25,26)4(17)18/h3-4H,1-2H2,(H,39,40). The molecule has 29 heteroatoms. The van der Waals surface area contributed by atoms with Crippen molar-refractivity contribution in [1.29, 1.82) is 0 Å². The first-order valence-electron chi connectivity index (χ1n) is 9.26. The van der Waals surface area contributed by atoms with Crippen LogP contribution in [0.15, 0.2) is 0 Å². The molecule has 1 N–H and O–H groups in total. The van der Waals surface area contributed by atoms with E-state index in [0.29, 0.717) is 0 Å². The zero-order valence-corrected chi connectivity index (χ0v) is 19.7. The SMILES string of the molecule is O=P(O)(OCC(F)(F)C(F)(F)C(F)(F)C(F)(F)C(F)(F)C(F)F)OCC(F)(F)C(F)(F)C(F)(F)C(F)(F)C(F)(F)C(F)F. The van der Waals surface area contributed by atoms with Crippen LogP contribution in [0.25, 0.3) is 0 Å². The minimum absolute atomic E-state index is 2.58. The fourth-order valence-corrected chi connectivity index (χ4v) is 2.82. The van der Waals surface area contributed by atoms with Gasteiger partial charge >= 0.3 is 79.9 Å². The van der Waals surface area contributed by atoms with E-state index in [1.807, 2.05) is 0 Å². The first kappa shape index (κ1) is 41.4. The minimum Gasteiger partial charge on any atom is -0.302 e. The maximum atomic E-state index is 13.5. The molecule has 0 saturated heterocycles. The van der Waals surface area contributed by atoms with Crippen LogP contribution in [0.4, 0.5) is 105 Å². The maximum absolute atomic E-state index is 13.5. The van der Waals surface area contributed by atoms with Crippen molar-refractivity contribution in [3.05, 3.63) is 0 Å². The summed E-state index contributed by atoms with van der Waals surface area (Å²) in [6, 6.07) is 0. The van der Waals surface area contributed by atoms with Gasteiger partial charge in [0.05, 0.1) is 0 Å². The Morgan fingerprint density at radius 2 is 0.651 bits per heavy atom. The van der Waals surface area contributed by atoms with Crippen molar-refractivity contribution in [2.24, 2.45) is 0 Å². The van der Waals surface area contributed by atoms with Gasteiger partial charge in [-0.05, 0) is 0 Å². The van der Waals surface area contributed by atoms with Crippen molar-refractivity contribution >= 4 is 7.82 Å². The first-order chi connectivity index (χ1) is 18.3. The molecular formula is C14H7F24O4P. The number of hydrogen-bond acceptors (Lipinski definition) is 3. The predicted octanol–water partition coefficient (Wildman–Crippen LogP) is 8.00. The summed E-state index contributed by atoms with van der Waals surface area (Å²) < 4.78 is 328.